The van der Waals surface area contributed by atoms with Crippen LogP contribution >= 0.6 is 12.2 Å². The third kappa shape index (κ3) is 2.15. The Kier molecular flexibility index (Phi) is 3.36. The maximum atomic E-state index is 13.0. The SMILES string of the molecule is COCCCn1c(=S)[nH]c2cc(F)ccc21. The van der Waals surface area contributed by atoms with Crippen molar-refractivity contribution in [1.82, 2.24) is 9.55 Å². The zero-order chi connectivity index (χ0) is 11.5. The van der Waals surface area contributed by atoms with E-state index in [-0.39, 0.29) is 5.82 Å². The summed E-state index contributed by atoms with van der Waals surface area (Å²) in [6.07, 6.45) is 0.884. The van der Waals surface area contributed by atoms with Crippen molar-refractivity contribution in [3.05, 3.63) is 28.8 Å². The lowest BCUT2D eigenvalue weighted by Gasteiger charge is -2.03. The number of hydrogen-bond donors (Lipinski definition) is 1. The average Bonchev–Trinajstić information content (AvgIpc) is 2.55. The molecular weight excluding hydrogens is 227 g/mol. The van der Waals surface area contributed by atoms with E-state index in [4.69, 9.17) is 17.0 Å². The number of fused-ring (bicyclic) bond motifs is 1. The lowest BCUT2D eigenvalue weighted by atomic mass is 10.3. The van der Waals surface area contributed by atoms with Gasteiger partial charge in [-0.2, -0.15) is 0 Å². The number of halogens is 1. The first-order valence-corrected chi connectivity index (χ1v) is 5.50. The van der Waals surface area contributed by atoms with Crippen LogP contribution in [0.2, 0.25) is 0 Å². The Balaban J connectivity index is 2.36. The normalized spacial score (nSPS) is 11.1. The van der Waals surface area contributed by atoms with Crippen molar-refractivity contribution >= 4 is 23.3 Å². The lowest BCUT2D eigenvalue weighted by molar-refractivity contribution is 0.190. The van der Waals surface area contributed by atoms with Crippen LogP contribution in [0.5, 0.6) is 0 Å². The molecule has 0 unspecified atom stereocenters. The molecule has 0 atom stereocenters. The fourth-order valence-corrected chi connectivity index (χ4v) is 2.02. The Morgan fingerprint density at radius 1 is 1.50 bits per heavy atom. The van der Waals surface area contributed by atoms with E-state index in [1.807, 2.05) is 4.57 Å². The molecule has 0 saturated carbocycles. The van der Waals surface area contributed by atoms with Crippen LogP contribution in [0.15, 0.2) is 18.2 Å². The molecule has 0 spiro atoms. The molecule has 0 bridgehead atoms. The van der Waals surface area contributed by atoms with Gasteiger partial charge in [-0.15, -0.1) is 0 Å². The summed E-state index contributed by atoms with van der Waals surface area (Å²) in [7, 11) is 1.67. The molecule has 86 valence electrons. The van der Waals surface area contributed by atoms with Crippen molar-refractivity contribution in [2.75, 3.05) is 13.7 Å². The Morgan fingerprint density at radius 3 is 3.06 bits per heavy atom. The van der Waals surface area contributed by atoms with Gasteiger partial charge in [-0.3, -0.25) is 0 Å². The molecule has 0 aliphatic heterocycles. The molecule has 1 heterocycles. The molecule has 0 saturated heterocycles. The van der Waals surface area contributed by atoms with Gasteiger partial charge in [0, 0.05) is 20.3 Å². The highest BCUT2D eigenvalue weighted by atomic mass is 32.1. The summed E-state index contributed by atoms with van der Waals surface area (Å²) in [6, 6.07) is 4.64. The lowest BCUT2D eigenvalue weighted by Crippen LogP contribution is -2.01. The number of benzene rings is 1. The molecule has 1 aromatic heterocycles. The Morgan fingerprint density at radius 2 is 2.31 bits per heavy atom. The van der Waals surface area contributed by atoms with E-state index in [9.17, 15) is 4.39 Å². The number of imidazole rings is 1. The third-order valence-electron chi connectivity index (χ3n) is 2.47. The van der Waals surface area contributed by atoms with E-state index in [1.165, 1.54) is 12.1 Å². The summed E-state index contributed by atoms with van der Waals surface area (Å²) in [4.78, 5) is 2.99. The van der Waals surface area contributed by atoms with Gasteiger partial charge in [-0.1, -0.05) is 0 Å². The molecule has 1 aromatic carbocycles. The summed E-state index contributed by atoms with van der Waals surface area (Å²) >= 11 is 5.19. The second-order valence-electron chi connectivity index (χ2n) is 3.59. The number of hydrogen-bond acceptors (Lipinski definition) is 2. The highest BCUT2D eigenvalue weighted by Gasteiger charge is 2.04. The van der Waals surface area contributed by atoms with Crippen LogP contribution in [-0.2, 0) is 11.3 Å². The number of H-pyrrole nitrogens is 1. The highest BCUT2D eigenvalue weighted by molar-refractivity contribution is 7.71. The number of aromatic amines is 1. The molecule has 0 fully saturated rings. The number of rotatable bonds is 4. The van der Waals surface area contributed by atoms with Crippen molar-refractivity contribution in [2.45, 2.75) is 13.0 Å². The van der Waals surface area contributed by atoms with Crippen LogP contribution in [0.4, 0.5) is 4.39 Å². The molecule has 0 radical (unpaired) electrons. The van der Waals surface area contributed by atoms with Crippen LogP contribution in [0.1, 0.15) is 6.42 Å². The number of ether oxygens (including phenoxy) is 1. The van der Waals surface area contributed by atoms with Crippen molar-refractivity contribution < 1.29 is 9.13 Å². The molecule has 16 heavy (non-hydrogen) atoms. The first kappa shape index (κ1) is 11.3. The second-order valence-corrected chi connectivity index (χ2v) is 3.98. The van der Waals surface area contributed by atoms with E-state index in [2.05, 4.69) is 4.98 Å². The molecule has 0 aliphatic carbocycles. The van der Waals surface area contributed by atoms with Crippen LogP contribution in [-0.4, -0.2) is 23.3 Å². The highest BCUT2D eigenvalue weighted by Crippen LogP contribution is 2.15. The van der Waals surface area contributed by atoms with E-state index in [0.717, 1.165) is 24.0 Å². The summed E-state index contributed by atoms with van der Waals surface area (Å²) in [5.74, 6) is -0.257. The molecule has 2 rings (SSSR count). The molecule has 5 heteroatoms. The minimum Gasteiger partial charge on any atom is -0.385 e. The van der Waals surface area contributed by atoms with Gasteiger partial charge in [0.15, 0.2) is 4.77 Å². The van der Waals surface area contributed by atoms with Crippen molar-refractivity contribution in [3.8, 4) is 0 Å². The van der Waals surface area contributed by atoms with Gasteiger partial charge in [0.25, 0.3) is 0 Å². The first-order chi connectivity index (χ1) is 7.72. The summed E-state index contributed by atoms with van der Waals surface area (Å²) < 4.78 is 20.6. The second kappa shape index (κ2) is 4.76. The number of nitrogens with one attached hydrogen (secondary N) is 1. The molecule has 3 nitrogen and oxygen atoms in total. The van der Waals surface area contributed by atoms with Crippen molar-refractivity contribution in [2.24, 2.45) is 0 Å². The maximum absolute atomic E-state index is 13.0. The van der Waals surface area contributed by atoms with Gasteiger partial charge < -0.3 is 14.3 Å². The van der Waals surface area contributed by atoms with Crippen LogP contribution in [0, 0.1) is 10.6 Å². The molecule has 1 N–H and O–H groups in total. The predicted molar refractivity (Wildman–Crippen MR) is 63.6 cm³/mol. The Hall–Kier alpha value is -1.20. The standard InChI is InChI=1S/C11H13FN2OS/c1-15-6-2-5-14-10-4-3-8(12)7-9(10)13-11(14)16/h3-4,7H,2,5-6H2,1H3,(H,13,16). The van der Waals surface area contributed by atoms with E-state index in [0.29, 0.717) is 11.4 Å². The number of methoxy groups -OCH3 is 1. The number of aromatic nitrogens is 2. The first-order valence-electron chi connectivity index (χ1n) is 5.09. The molecular formula is C11H13FN2OS. The van der Waals surface area contributed by atoms with Gasteiger partial charge in [0.05, 0.1) is 11.0 Å². The van der Waals surface area contributed by atoms with Crippen molar-refractivity contribution in [3.63, 3.8) is 0 Å². The summed E-state index contributed by atoms with van der Waals surface area (Å²) in [5, 5.41) is 0. The zero-order valence-corrected chi connectivity index (χ0v) is 9.81. The Labute approximate surface area is 97.8 Å². The van der Waals surface area contributed by atoms with Crippen LogP contribution in [0.25, 0.3) is 11.0 Å². The maximum Gasteiger partial charge on any atom is 0.178 e. The van der Waals surface area contributed by atoms with Gasteiger partial charge in [-0.25, -0.2) is 4.39 Å². The van der Waals surface area contributed by atoms with Gasteiger partial charge in [0.2, 0.25) is 0 Å². The predicted octanol–water partition coefficient (Wildman–Crippen LogP) is 2.87. The van der Waals surface area contributed by atoms with Gasteiger partial charge in [0.1, 0.15) is 5.82 Å². The summed E-state index contributed by atoms with van der Waals surface area (Å²) in [6.45, 7) is 1.47. The van der Waals surface area contributed by atoms with Crippen LogP contribution in [0.3, 0.4) is 0 Å². The summed E-state index contributed by atoms with van der Waals surface area (Å²) in [5.41, 5.74) is 1.67. The monoisotopic (exact) mass is 240 g/mol. The minimum absolute atomic E-state index is 0.257. The minimum atomic E-state index is -0.257. The Bertz CT molecular complexity index is 546. The largest absolute Gasteiger partial charge is 0.385 e. The van der Waals surface area contributed by atoms with Gasteiger partial charge >= 0.3 is 0 Å². The quantitative estimate of drug-likeness (QED) is 0.658. The molecule has 0 aliphatic rings. The molecule has 0 amide bonds. The van der Waals surface area contributed by atoms with Gasteiger partial charge in [-0.05, 0) is 36.8 Å². The van der Waals surface area contributed by atoms with E-state index in [1.54, 1.807) is 13.2 Å². The van der Waals surface area contributed by atoms with E-state index < -0.39 is 0 Å². The fourth-order valence-electron chi connectivity index (χ4n) is 1.72. The smallest absolute Gasteiger partial charge is 0.178 e. The topological polar surface area (TPSA) is 29.9 Å². The molecule has 2 aromatic rings. The van der Waals surface area contributed by atoms with Crippen molar-refractivity contribution in [1.29, 1.82) is 0 Å². The number of nitrogens with zero attached hydrogens (tertiary/aromatic N) is 1. The fraction of sp³-hybridized carbons (Fsp3) is 0.364. The van der Waals surface area contributed by atoms with E-state index >= 15 is 0 Å². The average molecular weight is 240 g/mol. The third-order valence-corrected chi connectivity index (χ3v) is 2.79. The van der Waals surface area contributed by atoms with Crippen LogP contribution < -0.4 is 0 Å². The number of aryl methyl sites for hydroxylation is 1. The zero-order valence-electron chi connectivity index (χ0n) is 9.00.